The Labute approximate surface area is 102 Å². The number of nitrogens with two attached hydrogens (primary N) is 1. The fraction of sp³-hybridized carbons (Fsp3) is 0.357. The van der Waals surface area contributed by atoms with Gasteiger partial charge < -0.3 is 5.73 Å². The van der Waals surface area contributed by atoms with Gasteiger partial charge in [-0.3, -0.25) is 4.68 Å². The second-order valence-corrected chi connectivity index (χ2v) is 4.51. The topological polar surface area (TPSA) is 43.8 Å². The van der Waals surface area contributed by atoms with Gasteiger partial charge in [0.05, 0.1) is 5.69 Å². The Bertz CT molecular complexity index is 497. The minimum atomic E-state index is 0.563. The van der Waals surface area contributed by atoms with Crippen molar-refractivity contribution in [2.24, 2.45) is 7.05 Å². The number of benzene rings is 1. The lowest BCUT2D eigenvalue weighted by Gasteiger charge is -2.09. The van der Waals surface area contributed by atoms with Crippen LogP contribution in [0.4, 0.5) is 5.82 Å². The number of rotatable bonds is 3. The molecule has 3 nitrogen and oxygen atoms in total. The molecule has 0 spiro atoms. The Kier molecular flexibility index (Phi) is 3.18. The molecular weight excluding hydrogens is 210 g/mol. The fourth-order valence-electron chi connectivity index (χ4n) is 1.98. The fourth-order valence-corrected chi connectivity index (χ4v) is 1.98. The van der Waals surface area contributed by atoms with Gasteiger partial charge in [-0.25, -0.2) is 0 Å². The van der Waals surface area contributed by atoms with Crippen molar-refractivity contribution < 1.29 is 0 Å². The summed E-state index contributed by atoms with van der Waals surface area (Å²) in [6, 6.07) is 10.5. The van der Waals surface area contributed by atoms with E-state index in [1.54, 1.807) is 0 Å². The first-order valence-electron chi connectivity index (χ1n) is 6.01. The van der Waals surface area contributed by atoms with E-state index in [9.17, 15) is 0 Å². The van der Waals surface area contributed by atoms with Gasteiger partial charge >= 0.3 is 0 Å². The van der Waals surface area contributed by atoms with E-state index in [-0.39, 0.29) is 0 Å². The maximum absolute atomic E-state index is 5.68. The van der Waals surface area contributed by atoms with Crippen LogP contribution in [-0.4, -0.2) is 9.78 Å². The number of aromatic nitrogens is 2. The summed E-state index contributed by atoms with van der Waals surface area (Å²) in [6.45, 7) is 4.46. The minimum absolute atomic E-state index is 0.563. The zero-order chi connectivity index (χ0) is 12.4. The first kappa shape index (κ1) is 11.7. The van der Waals surface area contributed by atoms with E-state index in [0.717, 1.165) is 17.7 Å². The maximum Gasteiger partial charge on any atom is 0.146 e. The Hall–Kier alpha value is -1.77. The van der Waals surface area contributed by atoms with Crippen LogP contribution in [-0.2, 0) is 7.05 Å². The van der Waals surface area contributed by atoms with Crippen LogP contribution in [0.3, 0.4) is 0 Å². The van der Waals surface area contributed by atoms with Crippen LogP contribution >= 0.6 is 0 Å². The third-order valence-corrected chi connectivity index (χ3v) is 3.29. The quantitative estimate of drug-likeness (QED) is 0.878. The summed E-state index contributed by atoms with van der Waals surface area (Å²) in [5, 5.41) is 4.16. The van der Waals surface area contributed by atoms with E-state index in [2.05, 4.69) is 43.2 Å². The number of hydrogen-bond acceptors (Lipinski definition) is 2. The molecule has 1 unspecified atom stereocenters. The average Bonchev–Trinajstić information content (AvgIpc) is 2.68. The highest BCUT2D eigenvalue weighted by atomic mass is 15.3. The van der Waals surface area contributed by atoms with Crippen molar-refractivity contribution in [1.82, 2.24) is 9.78 Å². The highest BCUT2D eigenvalue weighted by Gasteiger charge is 2.07. The summed E-state index contributed by atoms with van der Waals surface area (Å²) >= 11 is 0. The first-order valence-corrected chi connectivity index (χ1v) is 6.01. The second kappa shape index (κ2) is 4.62. The molecule has 1 aromatic heterocycles. The lowest BCUT2D eigenvalue weighted by Crippen LogP contribution is -1.95. The average molecular weight is 229 g/mol. The molecule has 0 radical (unpaired) electrons. The predicted molar refractivity (Wildman–Crippen MR) is 71.8 cm³/mol. The van der Waals surface area contributed by atoms with Gasteiger partial charge in [0.15, 0.2) is 0 Å². The van der Waals surface area contributed by atoms with Crippen LogP contribution in [0.5, 0.6) is 0 Å². The Morgan fingerprint density at radius 2 is 1.94 bits per heavy atom. The van der Waals surface area contributed by atoms with E-state index in [1.165, 1.54) is 5.56 Å². The minimum Gasteiger partial charge on any atom is -0.382 e. The van der Waals surface area contributed by atoms with E-state index in [1.807, 2.05) is 17.8 Å². The third-order valence-electron chi connectivity index (χ3n) is 3.29. The zero-order valence-electron chi connectivity index (χ0n) is 10.6. The van der Waals surface area contributed by atoms with Crippen LogP contribution < -0.4 is 5.73 Å². The Morgan fingerprint density at radius 1 is 1.29 bits per heavy atom. The van der Waals surface area contributed by atoms with Crippen LogP contribution in [0.25, 0.3) is 11.3 Å². The van der Waals surface area contributed by atoms with Gasteiger partial charge in [0.2, 0.25) is 0 Å². The van der Waals surface area contributed by atoms with Crippen LogP contribution in [0.15, 0.2) is 30.3 Å². The summed E-state index contributed by atoms with van der Waals surface area (Å²) in [5.74, 6) is 1.18. The number of hydrogen-bond donors (Lipinski definition) is 1. The largest absolute Gasteiger partial charge is 0.382 e. The molecule has 1 atom stereocenters. The van der Waals surface area contributed by atoms with Crippen LogP contribution in [0, 0.1) is 0 Å². The van der Waals surface area contributed by atoms with E-state index in [4.69, 9.17) is 5.73 Å². The van der Waals surface area contributed by atoms with Gasteiger partial charge in [0.1, 0.15) is 5.82 Å². The molecule has 0 aliphatic carbocycles. The molecule has 2 aromatic rings. The molecule has 2 N–H and O–H groups in total. The van der Waals surface area contributed by atoms with Gasteiger partial charge in [-0.2, -0.15) is 5.10 Å². The summed E-state index contributed by atoms with van der Waals surface area (Å²) in [7, 11) is 1.91. The van der Waals surface area contributed by atoms with Gasteiger partial charge in [-0.05, 0) is 23.5 Å². The maximum atomic E-state index is 5.68. The summed E-state index contributed by atoms with van der Waals surface area (Å²) in [6.07, 6.45) is 1.16. The summed E-state index contributed by atoms with van der Waals surface area (Å²) in [4.78, 5) is 0. The SMILES string of the molecule is CCC(C)c1ccc(-c2cc(N)nn2C)cc1. The standard InChI is InChI=1S/C14H19N3/c1-4-10(2)11-5-7-12(8-6-11)13-9-14(15)16-17(13)3/h5-10H,4H2,1-3H3,(H2,15,16). The molecule has 17 heavy (non-hydrogen) atoms. The van der Waals surface area contributed by atoms with Gasteiger partial charge in [-0.1, -0.05) is 38.1 Å². The predicted octanol–water partition coefficient (Wildman–Crippen LogP) is 3.18. The highest BCUT2D eigenvalue weighted by Crippen LogP contribution is 2.24. The van der Waals surface area contributed by atoms with Crippen molar-refractivity contribution in [2.75, 3.05) is 5.73 Å². The Morgan fingerprint density at radius 3 is 2.41 bits per heavy atom. The third kappa shape index (κ3) is 2.33. The molecule has 1 aromatic carbocycles. The molecule has 90 valence electrons. The number of nitrogen functional groups attached to an aromatic ring is 1. The smallest absolute Gasteiger partial charge is 0.146 e. The second-order valence-electron chi connectivity index (χ2n) is 4.51. The number of aryl methyl sites for hydroxylation is 1. The van der Waals surface area contributed by atoms with Crippen molar-refractivity contribution in [2.45, 2.75) is 26.2 Å². The first-order chi connectivity index (χ1) is 8.11. The molecule has 0 amide bonds. The molecular formula is C14H19N3. The lowest BCUT2D eigenvalue weighted by atomic mass is 9.97. The lowest BCUT2D eigenvalue weighted by molar-refractivity contribution is 0.733. The van der Waals surface area contributed by atoms with Crippen molar-refractivity contribution in [3.63, 3.8) is 0 Å². The highest BCUT2D eigenvalue weighted by molar-refractivity contribution is 5.63. The van der Waals surface area contributed by atoms with Gasteiger partial charge in [0, 0.05) is 13.1 Å². The number of anilines is 1. The van der Waals surface area contributed by atoms with Crippen molar-refractivity contribution in [3.8, 4) is 11.3 Å². The molecule has 0 fully saturated rings. The Balaban J connectivity index is 2.32. The monoisotopic (exact) mass is 229 g/mol. The van der Waals surface area contributed by atoms with Crippen molar-refractivity contribution >= 4 is 5.82 Å². The molecule has 3 heteroatoms. The summed E-state index contributed by atoms with van der Waals surface area (Å²) in [5.41, 5.74) is 9.28. The summed E-state index contributed by atoms with van der Waals surface area (Å²) < 4.78 is 1.81. The molecule has 0 aliphatic heterocycles. The molecule has 0 aliphatic rings. The number of nitrogens with zero attached hydrogens (tertiary/aromatic N) is 2. The van der Waals surface area contributed by atoms with Crippen molar-refractivity contribution in [3.05, 3.63) is 35.9 Å². The van der Waals surface area contributed by atoms with Crippen LogP contribution in [0.2, 0.25) is 0 Å². The van der Waals surface area contributed by atoms with E-state index >= 15 is 0 Å². The molecule has 0 bridgehead atoms. The molecule has 0 saturated carbocycles. The zero-order valence-corrected chi connectivity index (χ0v) is 10.6. The van der Waals surface area contributed by atoms with Gasteiger partial charge in [0.25, 0.3) is 0 Å². The van der Waals surface area contributed by atoms with E-state index in [0.29, 0.717) is 11.7 Å². The molecule has 0 saturated heterocycles. The molecule has 2 rings (SSSR count). The van der Waals surface area contributed by atoms with E-state index < -0.39 is 0 Å². The van der Waals surface area contributed by atoms with Crippen molar-refractivity contribution in [1.29, 1.82) is 0 Å². The normalized spacial score (nSPS) is 12.6. The van der Waals surface area contributed by atoms with Gasteiger partial charge in [-0.15, -0.1) is 0 Å². The molecule has 1 heterocycles. The van der Waals surface area contributed by atoms with Crippen LogP contribution in [0.1, 0.15) is 31.7 Å².